The van der Waals surface area contributed by atoms with Crippen molar-refractivity contribution in [3.63, 3.8) is 0 Å². The first kappa shape index (κ1) is 31.2. The molecule has 0 saturated carbocycles. The molecule has 1 aliphatic rings. The molecule has 0 aliphatic carbocycles. The summed E-state index contributed by atoms with van der Waals surface area (Å²) in [6.07, 6.45) is 0.217. The largest absolute Gasteiger partial charge is 0.494 e. The van der Waals surface area contributed by atoms with Crippen LogP contribution in [0.5, 0.6) is 5.75 Å². The van der Waals surface area contributed by atoms with Gasteiger partial charge in [0, 0.05) is 6.54 Å². The summed E-state index contributed by atoms with van der Waals surface area (Å²) in [6.45, 7) is 7.87. The molecule has 1 aliphatic heterocycles. The van der Waals surface area contributed by atoms with E-state index in [4.69, 9.17) is 22.8 Å². The van der Waals surface area contributed by atoms with E-state index in [-0.39, 0.29) is 57.6 Å². The van der Waals surface area contributed by atoms with Gasteiger partial charge in [-0.05, 0) is 63.9 Å². The van der Waals surface area contributed by atoms with Crippen molar-refractivity contribution < 1.29 is 41.6 Å². The predicted octanol–water partition coefficient (Wildman–Crippen LogP) is 6.33. The quantitative estimate of drug-likeness (QED) is 0.120. The number of hydrogen-bond donors (Lipinski definition) is 0. The van der Waals surface area contributed by atoms with Crippen molar-refractivity contribution in [3.8, 4) is 5.75 Å². The van der Waals surface area contributed by atoms with E-state index in [1.165, 1.54) is 4.90 Å². The Labute approximate surface area is 230 Å². The number of carbonyl (C=O) groups is 2. The fourth-order valence-electron chi connectivity index (χ4n) is 4.38. The van der Waals surface area contributed by atoms with E-state index in [0.717, 1.165) is 0 Å². The fourth-order valence-corrected chi connectivity index (χ4v) is 9.17. The van der Waals surface area contributed by atoms with E-state index in [0.29, 0.717) is 28.9 Å². The van der Waals surface area contributed by atoms with Crippen LogP contribution in [-0.2, 0) is 27.2 Å². The molecule has 0 radical (unpaired) electrons. The van der Waals surface area contributed by atoms with Gasteiger partial charge in [0.2, 0.25) is 0 Å². The van der Waals surface area contributed by atoms with Crippen LogP contribution in [0.4, 0.5) is 0 Å². The van der Waals surface area contributed by atoms with Gasteiger partial charge in [-0.15, -0.1) is 0 Å². The molecule has 0 spiro atoms. The Bertz CT molecular complexity index is 1180. The Hall–Kier alpha value is -2.32. The van der Waals surface area contributed by atoms with Gasteiger partial charge in [-0.2, -0.15) is 0 Å². The second-order valence-electron chi connectivity index (χ2n) is 8.60. The molecule has 2 aromatic carbocycles. The van der Waals surface area contributed by atoms with Crippen LogP contribution in [0.25, 0.3) is 0 Å². The molecule has 0 N–H and O–H groups in total. The molecule has 1 unspecified atom stereocenters. The lowest BCUT2D eigenvalue weighted by Gasteiger charge is -2.29. The Balaban J connectivity index is 1.75. The van der Waals surface area contributed by atoms with E-state index in [1.807, 2.05) is 0 Å². The third-order valence-corrected chi connectivity index (χ3v) is 10.8. The molecule has 0 fully saturated rings. The van der Waals surface area contributed by atoms with Crippen LogP contribution in [0.2, 0.25) is 0 Å². The average Bonchev–Trinajstić information content (AvgIpc) is 3.15. The molecule has 12 heteroatoms. The minimum Gasteiger partial charge on any atom is -0.494 e. The Morgan fingerprint density at radius 3 is 1.87 bits per heavy atom. The second-order valence-corrected chi connectivity index (χ2v) is 12.9. The number of nitrogens with zero attached hydrogens (tertiary/aromatic N) is 1. The maximum Gasteiger partial charge on any atom is 0.338 e. The maximum absolute atomic E-state index is 13.9. The molecule has 1 atom stereocenters. The molecule has 3 rings (SSSR count). The maximum atomic E-state index is 13.9. The van der Waals surface area contributed by atoms with Crippen LogP contribution < -0.4 is 4.74 Å². The summed E-state index contributed by atoms with van der Waals surface area (Å²) in [5, 5.41) is 0. The summed E-state index contributed by atoms with van der Waals surface area (Å²) in [5.41, 5.74) is 0.430. The van der Waals surface area contributed by atoms with Crippen molar-refractivity contribution in [2.45, 2.75) is 39.8 Å². The monoisotopic (exact) mass is 581 g/mol. The Morgan fingerprint density at radius 2 is 1.33 bits per heavy atom. The molecule has 214 valence electrons. The molecule has 0 bridgehead atoms. The predicted molar refractivity (Wildman–Crippen MR) is 148 cm³/mol. The normalized spacial score (nSPS) is 14.5. The minimum absolute atomic E-state index is 0.134. The first-order valence-corrected chi connectivity index (χ1v) is 16.5. The highest BCUT2D eigenvalue weighted by Gasteiger charge is 2.43. The summed E-state index contributed by atoms with van der Waals surface area (Å²) in [5.74, 6) is -0.144. The number of fused-ring (bicyclic) bond motifs is 1. The van der Waals surface area contributed by atoms with Crippen molar-refractivity contribution >= 4 is 27.0 Å². The molecular weight excluding hydrogens is 544 g/mol. The number of amides is 2. The van der Waals surface area contributed by atoms with Crippen molar-refractivity contribution in [1.82, 2.24) is 4.90 Å². The molecule has 39 heavy (non-hydrogen) atoms. The number of benzene rings is 2. The summed E-state index contributed by atoms with van der Waals surface area (Å²) < 4.78 is 55.4. The van der Waals surface area contributed by atoms with Gasteiger partial charge >= 0.3 is 15.2 Å². The second kappa shape index (κ2) is 14.4. The Morgan fingerprint density at radius 1 is 0.769 bits per heavy atom. The minimum atomic E-state index is -3.77. The summed E-state index contributed by atoms with van der Waals surface area (Å²) in [4.78, 5) is 26.4. The van der Waals surface area contributed by atoms with Crippen LogP contribution in [0, 0.1) is 0 Å². The van der Waals surface area contributed by atoms with E-state index in [2.05, 4.69) is 0 Å². The topological polar surface area (TPSA) is 118 Å². The van der Waals surface area contributed by atoms with Gasteiger partial charge in [-0.1, -0.05) is 24.3 Å². The van der Waals surface area contributed by atoms with Crippen molar-refractivity contribution in [3.05, 3.63) is 65.2 Å². The van der Waals surface area contributed by atoms with Gasteiger partial charge < -0.3 is 22.8 Å². The van der Waals surface area contributed by atoms with Gasteiger partial charge in [0.1, 0.15) is 5.75 Å². The molecule has 0 aromatic heterocycles. The lowest BCUT2D eigenvalue weighted by Crippen LogP contribution is -2.31. The molecule has 2 aromatic rings. The zero-order valence-electron chi connectivity index (χ0n) is 22.9. The smallest absolute Gasteiger partial charge is 0.338 e. The van der Waals surface area contributed by atoms with E-state index >= 15 is 0 Å². The van der Waals surface area contributed by atoms with Gasteiger partial charge in [-0.3, -0.25) is 23.6 Å². The first-order chi connectivity index (χ1) is 18.7. The summed E-state index contributed by atoms with van der Waals surface area (Å²) >= 11 is 0. The first-order valence-electron chi connectivity index (χ1n) is 13.2. The van der Waals surface area contributed by atoms with Crippen LogP contribution in [-0.4, -0.2) is 62.5 Å². The van der Waals surface area contributed by atoms with Crippen molar-refractivity contribution in [2.75, 3.05) is 45.7 Å². The van der Waals surface area contributed by atoms with Gasteiger partial charge in [-0.25, -0.2) is 0 Å². The van der Waals surface area contributed by atoms with Crippen LogP contribution >= 0.6 is 15.2 Å². The third-order valence-electron chi connectivity index (χ3n) is 5.96. The number of hydrogen-bond acceptors (Lipinski definition) is 9. The van der Waals surface area contributed by atoms with Crippen LogP contribution in [0.15, 0.2) is 48.5 Å². The lowest BCUT2D eigenvalue weighted by molar-refractivity contribution is 0.0646. The molecule has 10 nitrogen and oxygen atoms in total. The van der Waals surface area contributed by atoms with Gasteiger partial charge in [0.15, 0.2) is 0 Å². The molecule has 2 amide bonds. The van der Waals surface area contributed by atoms with Crippen molar-refractivity contribution in [2.24, 2.45) is 0 Å². The number of rotatable bonds is 17. The third kappa shape index (κ3) is 7.66. The highest BCUT2D eigenvalue weighted by Crippen LogP contribution is 2.66. The van der Waals surface area contributed by atoms with Gasteiger partial charge in [0.05, 0.1) is 56.0 Å². The van der Waals surface area contributed by atoms with E-state index in [9.17, 15) is 18.7 Å². The summed E-state index contributed by atoms with van der Waals surface area (Å²) in [7, 11) is -7.39. The average molecular weight is 582 g/mol. The highest BCUT2D eigenvalue weighted by molar-refractivity contribution is 7.58. The Kier molecular flexibility index (Phi) is 11.5. The van der Waals surface area contributed by atoms with Crippen LogP contribution in [0.1, 0.15) is 66.1 Å². The van der Waals surface area contributed by atoms with E-state index < -0.39 is 20.9 Å². The van der Waals surface area contributed by atoms with Crippen molar-refractivity contribution in [1.29, 1.82) is 0 Å². The zero-order valence-corrected chi connectivity index (χ0v) is 24.7. The fraction of sp³-hybridized carbons (Fsp3) is 0.481. The zero-order chi connectivity index (χ0) is 28.5. The summed E-state index contributed by atoms with van der Waals surface area (Å²) in [6, 6.07) is 13.7. The number of imide groups is 1. The highest BCUT2D eigenvalue weighted by atomic mass is 31.2. The van der Waals surface area contributed by atoms with Gasteiger partial charge in [0.25, 0.3) is 11.8 Å². The lowest BCUT2D eigenvalue weighted by atomic mass is 10.1. The standard InChI is InChI=1S/C27H37NO9P2/c1-5-34-38(31,35-6-2)20-25(39(32,36-7-3)37-8-4)21-13-11-14-22(19-21)33-18-12-17-28-26(29)23-15-9-10-16-24(23)27(28)30/h9-11,13-16,19,25H,5-8,12,17-18,20H2,1-4H3. The molecule has 1 heterocycles. The van der Waals surface area contributed by atoms with Crippen LogP contribution in [0.3, 0.4) is 0 Å². The van der Waals surface area contributed by atoms with E-state index in [1.54, 1.807) is 76.2 Å². The number of carbonyl (C=O) groups excluding carboxylic acids is 2. The number of ether oxygens (including phenoxy) is 1. The SMILES string of the molecule is CCOP(=O)(CC(c1cccc(OCCCN2C(=O)c3ccccc3C2=O)c1)P(=O)(OCC)OCC)OCC. The molecule has 0 saturated heterocycles. The molecular formula is C27H37NO9P2.